The van der Waals surface area contributed by atoms with E-state index in [-0.39, 0.29) is 24.1 Å². The molecule has 1 saturated heterocycles. The summed E-state index contributed by atoms with van der Waals surface area (Å²) >= 11 is 0. The number of carbonyl (C=O) groups excluding carboxylic acids is 3. The van der Waals surface area contributed by atoms with E-state index in [1.165, 1.54) is 0 Å². The predicted molar refractivity (Wildman–Crippen MR) is 129 cm³/mol. The van der Waals surface area contributed by atoms with Crippen LogP contribution in [0.3, 0.4) is 0 Å². The normalized spacial score (nSPS) is 15.6. The van der Waals surface area contributed by atoms with Gasteiger partial charge in [-0.15, -0.1) is 0 Å². The van der Waals surface area contributed by atoms with Gasteiger partial charge < -0.3 is 10.2 Å². The zero-order chi connectivity index (χ0) is 23.7. The molecule has 2 heterocycles. The highest BCUT2D eigenvalue weighted by molar-refractivity contribution is 6.04. The number of aryl methyl sites for hydroxylation is 4. The molecule has 3 amide bonds. The lowest BCUT2D eigenvalue weighted by Crippen LogP contribution is -2.28. The molecule has 0 aliphatic carbocycles. The summed E-state index contributed by atoms with van der Waals surface area (Å²) < 4.78 is 1.73. The maximum Gasteiger partial charge on any atom is 0.270 e. The summed E-state index contributed by atoms with van der Waals surface area (Å²) in [5, 5.41) is 2.88. The van der Waals surface area contributed by atoms with E-state index in [9.17, 15) is 14.4 Å². The monoisotopic (exact) mass is 444 g/mol. The Morgan fingerprint density at radius 3 is 2.24 bits per heavy atom. The van der Waals surface area contributed by atoms with Crippen molar-refractivity contribution in [2.24, 2.45) is 5.92 Å². The number of nitrogens with zero attached hydrogens (tertiary/aromatic N) is 2. The van der Waals surface area contributed by atoms with E-state index in [1.807, 2.05) is 58.0 Å². The van der Waals surface area contributed by atoms with Gasteiger partial charge in [-0.1, -0.05) is 12.1 Å². The molecule has 0 bridgehead atoms. The van der Waals surface area contributed by atoms with Gasteiger partial charge in [-0.05, 0) is 81.3 Å². The van der Waals surface area contributed by atoms with E-state index >= 15 is 0 Å². The lowest BCUT2D eigenvalue weighted by Gasteiger charge is -2.19. The molecule has 3 aromatic rings. The highest BCUT2D eigenvalue weighted by Gasteiger charge is 2.35. The Bertz CT molecular complexity index is 1210. The molecule has 1 atom stereocenters. The predicted octanol–water partition coefficient (Wildman–Crippen LogP) is 4.10. The smallest absolute Gasteiger partial charge is 0.270 e. The molecule has 0 radical (unpaired) electrons. The summed E-state index contributed by atoms with van der Waals surface area (Å²) in [7, 11) is 0. The van der Waals surface area contributed by atoms with Crippen LogP contribution in [0.1, 0.15) is 39.3 Å². The Morgan fingerprint density at radius 1 is 0.909 bits per heavy atom. The lowest BCUT2D eigenvalue weighted by molar-refractivity contribution is -0.122. The molecule has 1 aromatic heterocycles. The molecule has 0 spiro atoms. The summed E-state index contributed by atoms with van der Waals surface area (Å²) in [5.41, 5.74) is 8.74. The molecule has 0 unspecified atom stereocenters. The Hall–Kier alpha value is -3.87. The van der Waals surface area contributed by atoms with Crippen molar-refractivity contribution in [2.75, 3.05) is 22.2 Å². The molecule has 0 saturated carbocycles. The summed E-state index contributed by atoms with van der Waals surface area (Å²) in [6, 6.07) is 16.6. The van der Waals surface area contributed by atoms with Gasteiger partial charge in [0.1, 0.15) is 0 Å². The number of anilines is 2. The maximum atomic E-state index is 12.8. The second-order valence-electron chi connectivity index (χ2n) is 8.65. The van der Waals surface area contributed by atoms with Crippen LogP contribution in [-0.4, -0.2) is 28.9 Å². The molecular formula is C26H28N4O3. The van der Waals surface area contributed by atoms with Gasteiger partial charge >= 0.3 is 0 Å². The van der Waals surface area contributed by atoms with Crippen molar-refractivity contribution in [3.63, 3.8) is 0 Å². The van der Waals surface area contributed by atoms with Crippen LogP contribution in [0, 0.1) is 33.6 Å². The summed E-state index contributed by atoms with van der Waals surface area (Å²) in [5.74, 6) is -0.917. The molecule has 1 fully saturated rings. The highest BCUT2D eigenvalue weighted by Crippen LogP contribution is 2.29. The third kappa shape index (κ3) is 4.67. The van der Waals surface area contributed by atoms with E-state index in [0.29, 0.717) is 17.8 Å². The highest BCUT2D eigenvalue weighted by atomic mass is 16.2. The standard InChI is InChI=1S/C26H28N4O3/c1-16-5-6-17(2)23(13-16)29-15-21(14-24(29)31)25(32)27-22-11-9-20(10-12-22)26(33)28-30-18(3)7-8-19(30)4/h5-13,21H,14-15H2,1-4H3,(H,27,32)(H,28,33)/t21-/m0/s1. The molecule has 4 rings (SSSR count). The van der Waals surface area contributed by atoms with Gasteiger partial charge in [0.15, 0.2) is 0 Å². The van der Waals surface area contributed by atoms with Crippen molar-refractivity contribution in [1.29, 1.82) is 0 Å². The number of aromatic nitrogens is 1. The van der Waals surface area contributed by atoms with Gasteiger partial charge in [0.25, 0.3) is 5.91 Å². The van der Waals surface area contributed by atoms with Crippen molar-refractivity contribution in [3.8, 4) is 0 Å². The Balaban J connectivity index is 1.39. The summed E-state index contributed by atoms with van der Waals surface area (Å²) in [6.45, 7) is 8.14. The SMILES string of the molecule is Cc1ccc(C)c(N2C[C@@H](C(=O)Nc3ccc(C(=O)Nn4c(C)ccc4C)cc3)CC2=O)c1. The van der Waals surface area contributed by atoms with Crippen LogP contribution in [0.5, 0.6) is 0 Å². The first-order valence-corrected chi connectivity index (χ1v) is 11.0. The first kappa shape index (κ1) is 22.3. The minimum absolute atomic E-state index is 0.0496. The van der Waals surface area contributed by atoms with Crippen molar-refractivity contribution in [1.82, 2.24) is 4.68 Å². The fraction of sp³-hybridized carbons (Fsp3) is 0.269. The molecule has 170 valence electrons. The topological polar surface area (TPSA) is 83.4 Å². The third-order valence-electron chi connectivity index (χ3n) is 6.05. The van der Waals surface area contributed by atoms with Gasteiger partial charge in [-0.25, -0.2) is 0 Å². The largest absolute Gasteiger partial charge is 0.326 e. The molecule has 7 heteroatoms. The van der Waals surface area contributed by atoms with Crippen molar-refractivity contribution in [3.05, 3.63) is 82.7 Å². The Labute approximate surface area is 193 Å². The van der Waals surface area contributed by atoms with Crippen molar-refractivity contribution < 1.29 is 14.4 Å². The third-order valence-corrected chi connectivity index (χ3v) is 6.05. The van der Waals surface area contributed by atoms with Crippen molar-refractivity contribution >= 4 is 29.1 Å². The second kappa shape index (κ2) is 8.94. The quantitative estimate of drug-likeness (QED) is 0.622. The fourth-order valence-corrected chi connectivity index (χ4v) is 4.09. The Morgan fingerprint density at radius 2 is 1.58 bits per heavy atom. The average molecular weight is 445 g/mol. The van der Waals surface area contributed by atoms with Gasteiger partial charge in [0.05, 0.1) is 5.92 Å². The van der Waals surface area contributed by atoms with Gasteiger partial charge in [0.2, 0.25) is 11.8 Å². The number of amides is 3. The molecular weight excluding hydrogens is 416 g/mol. The minimum Gasteiger partial charge on any atom is -0.326 e. The van der Waals surface area contributed by atoms with Crippen LogP contribution in [0.2, 0.25) is 0 Å². The van der Waals surface area contributed by atoms with E-state index in [1.54, 1.807) is 33.8 Å². The molecule has 1 aliphatic heterocycles. The van der Waals surface area contributed by atoms with E-state index in [2.05, 4.69) is 10.7 Å². The van der Waals surface area contributed by atoms with Gasteiger partial charge in [-0.2, -0.15) is 0 Å². The van der Waals surface area contributed by atoms with Crippen LogP contribution in [0.4, 0.5) is 11.4 Å². The van der Waals surface area contributed by atoms with Gasteiger partial charge in [0, 0.05) is 41.3 Å². The van der Waals surface area contributed by atoms with Crippen LogP contribution in [0.15, 0.2) is 54.6 Å². The number of nitrogens with one attached hydrogen (secondary N) is 2. The molecule has 7 nitrogen and oxygen atoms in total. The van der Waals surface area contributed by atoms with Crippen LogP contribution in [0.25, 0.3) is 0 Å². The maximum absolute atomic E-state index is 12.8. The fourth-order valence-electron chi connectivity index (χ4n) is 4.09. The molecule has 2 N–H and O–H groups in total. The van der Waals surface area contributed by atoms with Crippen molar-refractivity contribution in [2.45, 2.75) is 34.1 Å². The zero-order valence-electron chi connectivity index (χ0n) is 19.3. The van der Waals surface area contributed by atoms with E-state index < -0.39 is 5.92 Å². The van der Waals surface area contributed by atoms with Gasteiger partial charge in [-0.3, -0.25) is 24.5 Å². The number of hydrogen-bond donors (Lipinski definition) is 2. The van der Waals surface area contributed by atoms with Crippen LogP contribution in [-0.2, 0) is 9.59 Å². The minimum atomic E-state index is -0.430. The zero-order valence-corrected chi connectivity index (χ0v) is 19.3. The molecule has 2 aromatic carbocycles. The first-order chi connectivity index (χ1) is 15.7. The average Bonchev–Trinajstić information content (AvgIpc) is 3.33. The van der Waals surface area contributed by atoms with Crippen LogP contribution >= 0.6 is 0 Å². The number of benzene rings is 2. The number of hydrogen-bond acceptors (Lipinski definition) is 3. The lowest BCUT2D eigenvalue weighted by atomic mass is 10.1. The number of rotatable bonds is 5. The molecule has 33 heavy (non-hydrogen) atoms. The molecule has 1 aliphatic rings. The number of carbonyl (C=O) groups is 3. The second-order valence-corrected chi connectivity index (χ2v) is 8.65. The van der Waals surface area contributed by atoms with Crippen LogP contribution < -0.4 is 15.6 Å². The first-order valence-electron chi connectivity index (χ1n) is 11.0. The van der Waals surface area contributed by atoms with E-state index in [4.69, 9.17) is 0 Å². The summed E-state index contributed by atoms with van der Waals surface area (Å²) in [6.07, 6.45) is 0.176. The van der Waals surface area contributed by atoms with E-state index in [0.717, 1.165) is 28.2 Å². The summed E-state index contributed by atoms with van der Waals surface area (Å²) in [4.78, 5) is 39.7. The Kier molecular flexibility index (Phi) is 6.05.